The Balaban J connectivity index is 1.36. The highest BCUT2D eigenvalue weighted by Crippen LogP contribution is 2.22. The van der Waals surface area contributed by atoms with Crippen molar-refractivity contribution in [3.8, 4) is 0 Å². The quantitative estimate of drug-likeness (QED) is 0.505. The van der Waals surface area contributed by atoms with Crippen LogP contribution in [0.25, 0.3) is 0 Å². The van der Waals surface area contributed by atoms with Gasteiger partial charge in [-0.25, -0.2) is 9.18 Å². The van der Waals surface area contributed by atoms with E-state index in [4.69, 9.17) is 4.74 Å². The molecule has 8 heteroatoms. The fourth-order valence-electron chi connectivity index (χ4n) is 4.10. The van der Waals surface area contributed by atoms with Crippen molar-refractivity contribution in [2.24, 2.45) is 0 Å². The van der Waals surface area contributed by atoms with Crippen LogP contribution >= 0.6 is 0 Å². The van der Waals surface area contributed by atoms with Crippen LogP contribution in [-0.2, 0) is 22.6 Å². The molecule has 0 aromatic heterocycles. The number of hydrogen-bond acceptors (Lipinski definition) is 4. The Morgan fingerprint density at radius 3 is 2.11 bits per heavy atom. The maximum absolute atomic E-state index is 13.3. The van der Waals surface area contributed by atoms with Crippen LogP contribution in [0.5, 0.6) is 0 Å². The van der Waals surface area contributed by atoms with E-state index < -0.39 is 29.4 Å². The predicted octanol–water partition coefficient (Wildman–Crippen LogP) is 3.69. The Bertz CT molecular complexity index is 1200. The summed E-state index contributed by atoms with van der Waals surface area (Å²) in [4.78, 5) is 39.9. The molecule has 7 nitrogen and oxygen atoms in total. The second-order valence-corrected chi connectivity index (χ2v) is 9.17. The Hall–Kier alpha value is -4.20. The molecular weight excluding hydrogens is 461 g/mol. The first kappa shape index (κ1) is 24.9. The molecule has 3 aromatic carbocycles. The number of benzene rings is 3. The molecule has 0 spiro atoms. The van der Waals surface area contributed by atoms with E-state index in [1.807, 2.05) is 67.6 Å². The SMILES string of the molecule is CC1(NC(=O)[C@H](Cc2ccccc2)NC(=O)c2ccc(F)cc2)CN(C(=O)OCc2ccccc2)C1. The van der Waals surface area contributed by atoms with Crippen molar-refractivity contribution in [2.75, 3.05) is 13.1 Å². The molecule has 1 aliphatic heterocycles. The summed E-state index contributed by atoms with van der Waals surface area (Å²) in [6.07, 6.45) is -0.172. The van der Waals surface area contributed by atoms with Gasteiger partial charge in [0, 0.05) is 25.1 Å². The molecule has 0 radical (unpaired) electrons. The Labute approximate surface area is 209 Å². The first-order valence-corrected chi connectivity index (χ1v) is 11.7. The molecule has 1 heterocycles. The lowest BCUT2D eigenvalue weighted by Crippen LogP contribution is -2.71. The number of ether oxygens (including phenoxy) is 1. The van der Waals surface area contributed by atoms with E-state index in [1.165, 1.54) is 29.2 Å². The van der Waals surface area contributed by atoms with Crippen molar-refractivity contribution in [1.29, 1.82) is 0 Å². The predicted molar refractivity (Wildman–Crippen MR) is 133 cm³/mol. The zero-order chi connectivity index (χ0) is 25.5. The van der Waals surface area contributed by atoms with Crippen LogP contribution in [0, 0.1) is 5.82 Å². The second-order valence-electron chi connectivity index (χ2n) is 9.17. The highest BCUT2D eigenvalue weighted by Gasteiger charge is 2.44. The van der Waals surface area contributed by atoms with Crippen LogP contribution < -0.4 is 10.6 Å². The van der Waals surface area contributed by atoms with Gasteiger partial charge >= 0.3 is 6.09 Å². The Kier molecular flexibility index (Phi) is 7.63. The summed E-state index contributed by atoms with van der Waals surface area (Å²) in [5.74, 6) is -1.29. The van der Waals surface area contributed by atoms with Gasteiger partial charge in [-0.15, -0.1) is 0 Å². The van der Waals surface area contributed by atoms with Crippen LogP contribution in [0.2, 0.25) is 0 Å². The van der Waals surface area contributed by atoms with Gasteiger partial charge in [-0.05, 0) is 42.3 Å². The number of nitrogens with zero attached hydrogens (tertiary/aromatic N) is 1. The highest BCUT2D eigenvalue weighted by molar-refractivity contribution is 5.97. The third-order valence-electron chi connectivity index (χ3n) is 5.98. The molecule has 3 amide bonds. The molecule has 1 aliphatic rings. The van der Waals surface area contributed by atoms with E-state index in [2.05, 4.69) is 10.6 Å². The van der Waals surface area contributed by atoms with Gasteiger partial charge in [0.15, 0.2) is 0 Å². The third kappa shape index (κ3) is 6.47. The molecule has 0 unspecified atom stereocenters. The summed E-state index contributed by atoms with van der Waals surface area (Å²) < 4.78 is 18.6. The summed E-state index contributed by atoms with van der Waals surface area (Å²) in [5.41, 5.74) is 1.37. The lowest BCUT2D eigenvalue weighted by molar-refractivity contribution is -0.126. The topological polar surface area (TPSA) is 87.7 Å². The van der Waals surface area contributed by atoms with E-state index in [9.17, 15) is 18.8 Å². The van der Waals surface area contributed by atoms with E-state index >= 15 is 0 Å². The molecule has 0 bridgehead atoms. The van der Waals surface area contributed by atoms with Crippen molar-refractivity contribution in [3.05, 3.63) is 107 Å². The standard InChI is InChI=1S/C28H28FN3O4/c1-28(18-32(19-28)27(35)36-17-21-10-6-3-7-11-21)31-26(34)24(16-20-8-4-2-5-9-20)30-25(33)22-12-14-23(29)15-13-22/h2-15,24H,16-19H2,1H3,(H,30,33)(H,31,34)/t24-/m0/s1. The number of amides is 3. The Morgan fingerprint density at radius 1 is 0.917 bits per heavy atom. The maximum atomic E-state index is 13.3. The number of carbonyl (C=O) groups is 3. The van der Waals surface area contributed by atoms with E-state index in [0.29, 0.717) is 0 Å². The minimum absolute atomic E-state index is 0.174. The monoisotopic (exact) mass is 489 g/mol. The van der Waals surface area contributed by atoms with Crippen LogP contribution in [-0.4, -0.2) is 47.5 Å². The molecule has 36 heavy (non-hydrogen) atoms. The summed E-state index contributed by atoms with van der Waals surface area (Å²) in [5, 5.41) is 5.74. The normalized spacial score (nSPS) is 14.8. The first-order chi connectivity index (χ1) is 17.3. The van der Waals surface area contributed by atoms with Gasteiger partial charge in [0.2, 0.25) is 5.91 Å². The largest absolute Gasteiger partial charge is 0.445 e. The zero-order valence-electron chi connectivity index (χ0n) is 19.9. The second kappa shape index (κ2) is 11.0. The number of nitrogens with one attached hydrogen (secondary N) is 2. The van der Waals surface area contributed by atoms with Crippen molar-refractivity contribution in [3.63, 3.8) is 0 Å². The summed E-state index contributed by atoms with van der Waals surface area (Å²) >= 11 is 0. The van der Waals surface area contributed by atoms with Gasteiger partial charge in [-0.1, -0.05) is 60.7 Å². The first-order valence-electron chi connectivity index (χ1n) is 11.7. The molecule has 1 saturated heterocycles. The van der Waals surface area contributed by atoms with Crippen LogP contribution in [0.3, 0.4) is 0 Å². The van der Waals surface area contributed by atoms with Crippen LogP contribution in [0.4, 0.5) is 9.18 Å². The van der Waals surface area contributed by atoms with Crippen molar-refractivity contribution in [2.45, 2.75) is 31.5 Å². The molecule has 4 rings (SSSR count). The molecule has 2 N–H and O–H groups in total. The van der Waals surface area contributed by atoms with Crippen LogP contribution in [0.15, 0.2) is 84.9 Å². The fraction of sp³-hybridized carbons (Fsp3) is 0.250. The smallest absolute Gasteiger partial charge is 0.410 e. The minimum atomic E-state index is -0.860. The molecule has 0 aliphatic carbocycles. The van der Waals surface area contributed by atoms with Crippen molar-refractivity contribution in [1.82, 2.24) is 15.5 Å². The molecule has 186 valence electrons. The lowest BCUT2D eigenvalue weighted by atomic mass is 9.91. The summed E-state index contributed by atoms with van der Waals surface area (Å²) in [7, 11) is 0. The molecule has 3 aromatic rings. The summed E-state index contributed by atoms with van der Waals surface area (Å²) in [6, 6.07) is 23.0. The number of halogens is 1. The average Bonchev–Trinajstić information content (AvgIpc) is 2.87. The van der Waals surface area contributed by atoms with E-state index in [0.717, 1.165) is 11.1 Å². The molecule has 1 atom stereocenters. The number of carbonyl (C=O) groups excluding carboxylic acids is 3. The van der Waals surface area contributed by atoms with Gasteiger partial charge in [0.1, 0.15) is 18.5 Å². The van der Waals surface area contributed by atoms with Crippen molar-refractivity contribution < 1.29 is 23.5 Å². The average molecular weight is 490 g/mol. The molecule has 1 fully saturated rings. The summed E-state index contributed by atoms with van der Waals surface area (Å²) in [6.45, 7) is 2.59. The van der Waals surface area contributed by atoms with Crippen LogP contribution in [0.1, 0.15) is 28.4 Å². The highest BCUT2D eigenvalue weighted by atomic mass is 19.1. The maximum Gasteiger partial charge on any atom is 0.410 e. The lowest BCUT2D eigenvalue weighted by Gasteiger charge is -2.47. The minimum Gasteiger partial charge on any atom is -0.445 e. The van der Waals surface area contributed by atoms with Gasteiger partial charge in [-0.2, -0.15) is 0 Å². The molecule has 0 saturated carbocycles. The number of rotatable bonds is 8. The zero-order valence-corrected chi connectivity index (χ0v) is 19.9. The van der Waals surface area contributed by atoms with E-state index in [-0.39, 0.29) is 37.6 Å². The fourth-order valence-corrected chi connectivity index (χ4v) is 4.10. The van der Waals surface area contributed by atoms with Gasteiger partial charge in [-0.3, -0.25) is 9.59 Å². The van der Waals surface area contributed by atoms with Gasteiger partial charge < -0.3 is 20.3 Å². The number of likely N-dealkylation sites (tertiary alicyclic amines) is 1. The van der Waals surface area contributed by atoms with E-state index in [1.54, 1.807) is 0 Å². The van der Waals surface area contributed by atoms with Crippen molar-refractivity contribution >= 4 is 17.9 Å². The van der Waals surface area contributed by atoms with Gasteiger partial charge in [0.25, 0.3) is 5.91 Å². The van der Waals surface area contributed by atoms with Gasteiger partial charge in [0.05, 0.1) is 5.54 Å². The third-order valence-corrected chi connectivity index (χ3v) is 5.98. The molecular formula is C28H28FN3O4. The Morgan fingerprint density at radius 2 is 1.50 bits per heavy atom. The number of hydrogen-bond donors (Lipinski definition) is 2.